The van der Waals surface area contributed by atoms with E-state index in [2.05, 4.69) is 125 Å². The van der Waals surface area contributed by atoms with Crippen LogP contribution in [0.25, 0.3) is 32.5 Å². The van der Waals surface area contributed by atoms with Gasteiger partial charge in [0, 0.05) is 22.9 Å². The molecule has 0 radical (unpaired) electrons. The molecule has 1 heterocycles. The standard InChI is InChI=1S/C40H31N3O/c1-42-37(28-41)32-26-34(44-40(27-32)24-6-7-25-40)23-20-29-18-21-33(22-19-29)43(38-16-8-12-30-10-2-4-14-35(30)38)39-17-9-13-31-11-3-5-15-36(31)39/h2-5,8-23,26H,6-7,24-25,27H2. The summed E-state index contributed by atoms with van der Waals surface area (Å²) in [6, 6.07) is 40.6. The van der Waals surface area contributed by atoms with Gasteiger partial charge in [-0.3, -0.25) is 0 Å². The van der Waals surface area contributed by atoms with Gasteiger partial charge in [0.25, 0.3) is 5.70 Å². The summed E-state index contributed by atoms with van der Waals surface area (Å²) in [5, 5.41) is 14.3. The molecule has 1 spiro atoms. The summed E-state index contributed by atoms with van der Waals surface area (Å²) in [5.41, 5.74) is 4.99. The number of hydrogen-bond acceptors (Lipinski definition) is 3. The number of nitriles is 1. The molecule has 44 heavy (non-hydrogen) atoms. The predicted octanol–water partition coefficient (Wildman–Crippen LogP) is 10.8. The van der Waals surface area contributed by atoms with Crippen LogP contribution in [0.15, 0.2) is 138 Å². The zero-order chi connectivity index (χ0) is 29.9. The van der Waals surface area contributed by atoms with Gasteiger partial charge < -0.3 is 9.64 Å². The van der Waals surface area contributed by atoms with Crippen molar-refractivity contribution in [1.29, 1.82) is 5.26 Å². The van der Waals surface area contributed by atoms with Crippen LogP contribution in [0.4, 0.5) is 17.1 Å². The lowest BCUT2D eigenvalue weighted by atomic mass is 9.88. The summed E-state index contributed by atoms with van der Waals surface area (Å²) >= 11 is 0. The van der Waals surface area contributed by atoms with Crippen LogP contribution in [0, 0.1) is 17.9 Å². The molecule has 4 nitrogen and oxygen atoms in total. The first-order valence-electron chi connectivity index (χ1n) is 15.1. The first-order chi connectivity index (χ1) is 21.7. The second kappa shape index (κ2) is 11.6. The summed E-state index contributed by atoms with van der Waals surface area (Å²) in [5.74, 6) is 0.710. The van der Waals surface area contributed by atoms with Gasteiger partial charge in [0.1, 0.15) is 11.4 Å². The monoisotopic (exact) mass is 569 g/mol. The van der Waals surface area contributed by atoms with E-state index in [1.165, 1.54) is 21.5 Å². The third kappa shape index (κ3) is 5.13. The quantitative estimate of drug-likeness (QED) is 0.156. The van der Waals surface area contributed by atoms with E-state index < -0.39 is 0 Å². The SMILES string of the molecule is [C-]#[N+]C(C#N)=C1C=C(C=Cc2ccc(N(c3cccc4ccccc34)c3cccc4ccccc34)cc2)OC2(CCCC2)C1. The maximum Gasteiger partial charge on any atom is 0.265 e. The van der Waals surface area contributed by atoms with Crippen LogP contribution in [0.2, 0.25) is 0 Å². The van der Waals surface area contributed by atoms with E-state index in [-0.39, 0.29) is 11.3 Å². The number of allylic oxidation sites excluding steroid dienone is 3. The Morgan fingerprint density at radius 1 is 0.773 bits per heavy atom. The molecule has 4 heteroatoms. The highest BCUT2D eigenvalue weighted by Gasteiger charge is 2.39. The smallest absolute Gasteiger partial charge is 0.265 e. The average Bonchev–Trinajstić information content (AvgIpc) is 3.52. The van der Waals surface area contributed by atoms with Crippen molar-refractivity contribution in [2.24, 2.45) is 0 Å². The van der Waals surface area contributed by atoms with E-state index in [4.69, 9.17) is 11.3 Å². The Balaban J connectivity index is 1.27. The van der Waals surface area contributed by atoms with Crippen LogP contribution in [-0.2, 0) is 4.74 Å². The van der Waals surface area contributed by atoms with Crippen molar-refractivity contribution < 1.29 is 4.74 Å². The highest BCUT2D eigenvalue weighted by atomic mass is 16.5. The molecule has 5 aromatic rings. The van der Waals surface area contributed by atoms with Crippen molar-refractivity contribution in [3.05, 3.63) is 155 Å². The second-order valence-corrected chi connectivity index (χ2v) is 11.6. The normalized spacial score (nSPS) is 16.8. The molecule has 5 aromatic carbocycles. The van der Waals surface area contributed by atoms with Crippen LogP contribution in [0.3, 0.4) is 0 Å². The van der Waals surface area contributed by atoms with E-state index in [1.807, 2.05) is 18.2 Å². The summed E-state index contributed by atoms with van der Waals surface area (Å²) < 4.78 is 6.51. The fourth-order valence-corrected chi connectivity index (χ4v) is 6.71. The molecule has 0 aromatic heterocycles. The second-order valence-electron chi connectivity index (χ2n) is 11.6. The fourth-order valence-electron chi connectivity index (χ4n) is 6.71. The molecule has 7 rings (SSSR count). The van der Waals surface area contributed by atoms with Crippen molar-refractivity contribution >= 4 is 44.7 Å². The molecule has 1 saturated carbocycles. The zero-order valence-electron chi connectivity index (χ0n) is 24.4. The van der Waals surface area contributed by atoms with E-state index in [0.29, 0.717) is 12.2 Å². The van der Waals surface area contributed by atoms with Gasteiger partial charge in [-0.15, -0.1) is 0 Å². The van der Waals surface area contributed by atoms with E-state index >= 15 is 0 Å². The minimum absolute atomic E-state index is 0.164. The number of anilines is 3. The molecule has 0 atom stereocenters. The minimum Gasteiger partial charge on any atom is -0.487 e. The molecular formula is C40H31N3O. The van der Waals surface area contributed by atoms with Gasteiger partial charge in [-0.25, -0.2) is 10.1 Å². The highest BCUT2D eigenvalue weighted by Crippen LogP contribution is 2.45. The summed E-state index contributed by atoms with van der Waals surface area (Å²) in [7, 11) is 0. The lowest BCUT2D eigenvalue weighted by Gasteiger charge is -2.35. The number of rotatable bonds is 5. The minimum atomic E-state index is -0.308. The molecule has 2 aliphatic rings. The Hall–Kier alpha value is -5.58. The van der Waals surface area contributed by atoms with Gasteiger partial charge in [-0.1, -0.05) is 91.0 Å². The fraction of sp³-hybridized carbons (Fsp3) is 0.150. The first kappa shape index (κ1) is 27.3. The van der Waals surface area contributed by atoms with E-state index in [0.717, 1.165) is 53.9 Å². The van der Waals surface area contributed by atoms with Crippen LogP contribution in [0.5, 0.6) is 0 Å². The third-order valence-corrected chi connectivity index (χ3v) is 8.81. The predicted molar refractivity (Wildman–Crippen MR) is 179 cm³/mol. The Morgan fingerprint density at radius 3 is 1.95 bits per heavy atom. The zero-order valence-corrected chi connectivity index (χ0v) is 24.4. The van der Waals surface area contributed by atoms with Gasteiger partial charge in [0.2, 0.25) is 0 Å². The molecule has 1 aliphatic heterocycles. The topological polar surface area (TPSA) is 40.6 Å². The third-order valence-electron chi connectivity index (χ3n) is 8.81. The first-order valence-corrected chi connectivity index (χ1v) is 15.1. The number of benzene rings is 5. The van der Waals surface area contributed by atoms with Crippen LogP contribution >= 0.6 is 0 Å². The molecule has 0 unspecified atom stereocenters. The number of hydrogen-bond donors (Lipinski definition) is 0. The summed E-state index contributed by atoms with van der Waals surface area (Å²) in [6.07, 6.45) is 10.6. The molecule has 0 saturated heterocycles. The van der Waals surface area contributed by atoms with E-state index in [9.17, 15) is 5.26 Å². The molecule has 1 aliphatic carbocycles. The van der Waals surface area contributed by atoms with E-state index in [1.54, 1.807) is 0 Å². The Morgan fingerprint density at radius 2 is 1.36 bits per heavy atom. The number of fused-ring (bicyclic) bond motifs is 2. The highest BCUT2D eigenvalue weighted by molar-refractivity contribution is 6.04. The maximum absolute atomic E-state index is 9.54. The van der Waals surface area contributed by atoms with Crippen molar-refractivity contribution in [2.45, 2.75) is 37.7 Å². The van der Waals surface area contributed by atoms with Gasteiger partial charge >= 0.3 is 0 Å². The van der Waals surface area contributed by atoms with Crippen molar-refractivity contribution in [1.82, 2.24) is 0 Å². The maximum atomic E-state index is 9.54. The lowest BCUT2D eigenvalue weighted by Crippen LogP contribution is -2.31. The van der Waals surface area contributed by atoms with Gasteiger partial charge in [-0.2, -0.15) is 0 Å². The van der Waals surface area contributed by atoms with Gasteiger partial charge in [0.15, 0.2) is 0 Å². The molecular weight excluding hydrogens is 538 g/mol. The Bertz CT molecular complexity index is 1940. The average molecular weight is 570 g/mol. The largest absolute Gasteiger partial charge is 0.487 e. The molecule has 0 amide bonds. The molecule has 212 valence electrons. The summed E-state index contributed by atoms with van der Waals surface area (Å²) in [6.45, 7) is 7.48. The number of nitrogens with zero attached hydrogens (tertiary/aromatic N) is 3. The number of ether oxygens (including phenoxy) is 1. The van der Waals surface area contributed by atoms with Crippen molar-refractivity contribution in [2.75, 3.05) is 4.90 Å². The van der Waals surface area contributed by atoms with Gasteiger partial charge in [-0.05, 0) is 84.0 Å². The molecule has 1 fully saturated rings. The summed E-state index contributed by atoms with van der Waals surface area (Å²) in [4.78, 5) is 5.84. The lowest BCUT2D eigenvalue weighted by molar-refractivity contribution is 0.00776. The van der Waals surface area contributed by atoms with Crippen LogP contribution < -0.4 is 4.90 Å². The van der Waals surface area contributed by atoms with Gasteiger partial charge in [0.05, 0.1) is 24.0 Å². The molecule has 0 bridgehead atoms. The van der Waals surface area contributed by atoms with Crippen molar-refractivity contribution in [3.8, 4) is 6.07 Å². The Labute approximate surface area is 258 Å². The molecule has 0 N–H and O–H groups in total. The van der Waals surface area contributed by atoms with Crippen LogP contribution in [-0.4, -0.2) is 5.60 Å². The van der Waals surface area contributed by atoms with Crippen LogP contribution in [0.1, 0.15) is 37.7 Å². The Kier molecular flexibility index (Phi) is 7.19. The van der Waals surface area contributed by atoms with Crippen molar-refractivity contribution in [3.63, 3.8) is 0 Å².